The third-order valence-corrected chi connectivity index (χ3v) is 6.70. The lowest BCUT2D eigenvalue weighted by Gasteiger charge is -2.15. The molecule has 2 aromatic rings. The molecule has 0 amide bonds. The second-order valence-electron chi connectivity index (χ2n) is 7.06. The summed E-state index contributed by atoms with van der Waals surface area (Å²) in [6, 6.07) is 11.2. The molecule has 0 heterocycles. The summed E-state index contributed by atoms with van der Waals surface area (Å²) >= 11 is 0. The molecule has 3 rings (SSSR count). The molecule has 1 atom stereocenters. The predicted octanol–water partition coefficient (Wildman–Crippen LogP) is 2.85. The molecule has 2 aromatic carbocycles. The number of carbonyl (C=O) groups excluding carboxylic acids is 2. The molecule has 0 aromatic heterocycles. The topological polar surface area (TPSA) is 80.8 Å². The number of Topliss-reactive ketones (excluding diaryl/α,β-unsaturated/α-hetero) is 1. The third-order valence-electron chi connectivity index (χ3n) is 4.88. The van der Waals surface area contributed by atoms with Crippen LogP contribution in [0.15, 0.2) is 47.4 Å². The van der Waals surface area contributed by atoms with Crippen molar-refractivity contribution in [2.45, 2.75) is 37.2 Å². The monoisotopic (exact) mass is 401 g/mol. The zero-order valence-corrected chi connectivity index (χ0v) is 17.0. The van der Waals surface area contributed by atoms with Crippen LogP contribution in [0.4, 0.5) is 0 Å². The van der Waals surface area contributed by atoms with Gasteiger partial charge >= 0.3 is 5.97 Å². The van der Waals surface area contributed by atoms with Crippen LogP contribution in [-0.2, 0) is 27.6 Å². The van der Waals surface area contributed by atoms with Gasteiger partial charge in [0.1, 0.15) is 0 Å². The van der Waals surface area contributed by atoms with Crippen LogP contribution in [0.5, 0.6) is 0 Å². The van der Waals surface area contributed by atoms with Gasteiger partial charge in [0, 0.05) is 19.7 Å². The fraction of sp³-hybridized carbons (Fsp3) is 0.333. The van der Waals surface area contributed by atoms with Crippen molar-refractivity contribution in [1.29, 1.82) is 0 Å². The number of hydrogen-bond donors (Lipinski definition) is 0. The van der Waals surface area contributed by atoms with E-state index < -0.39 is 22.1 Å². The van der Waals surface area contributed by atoms with E-state index in [-0.39, 0.29) is 16.2 Å². The van der Waals surface area contributed by atoms with Gasteiger partial charge in [-0.05, 0) is 61.6 Å². The Bertz CT molecular complexity index is 1030. The van der Waals surface area contributed by atoms with E-state index >= 15 is 0 Å². The van der Waals surface area contributed by atoms with E-state index in [9.17, 15) is 18.0 Å². The molecular weight excluding hydrogens is 378 g/mol. The lowest BCUT2D eigenvalue weighted by Crippen LogP contribution is -2.25. The summed E-state index contributed by atoms with van der Waals surface area (Å²) in [4.78, 5) is 25.1. The fourth-order valence-corrected chi connectivity index (χ4v) is 4.18. The number of ketones is 1. The molecular formula is C21H23NO5S. The standard InChI is InChI=1S/C21H23NO5S/c1-14(20(23)17-11-10-15-6-4-7-16(15)12-17)27-21(24)18-8-5-9-19(13-18)28(25,26)22(2)3/h5,8-14H,4,6-7H2,1-3H3/t14-/m0/s1. The van der Waals surface area contributed by atoms with Crippen LogP contribution in [-0.4, -0.2) is 44.7 Å². The maximum absolute atomic E-state index is 12.6. The number of hydrogen-bond acceptors (Lipinski definition) is 5. The van der Waals surface area contributed by atoms with Crippen molar-refractivity contribution in [3.8, 4) is 0 Å². The van der Waals surface area contributed by atoms with Gasteiger partial charge in [-0.25, -0.2) is 17.5 Å². The summed E-state index contributed by atoms with van der Waals surface area (Å²) in [5.41, 5.74) is 3.03. The zero-order chi connectivity index (χ0) is 20.5. The Hall–Kier alpha value is -2.51. The molecule has 0 aliphatic heterocycles. The highest BCUT2D eigenvalue weighted by atomic mass is 32.2. The van der Waals surface area contributed by atoms with E-state index in [2.05, 4.69) is 0 Å². The van der Waals surface area contributed by atoms with E-state index in [1.807, 2.05) is 12.1 Å². The summed E-state index contributed by atoms with van der Waals surface area (Å²) in [5.74, 6) is -1.02. The maximum atomic E-state index is 12.6. The van der Waals surface area contributed by atoms with Crippen molar-refractivity contribution < 1.29 is 22.7 Å². The van der Waals surface area contributed by atoms with Crippen LogP contribution in [0.3, 0.4) is 0 Å². The molecule has 0 fully saturated rings. The minimum Gasteiger partial charge on any atom is -0.451 e. The lowest BCUT2D eigenvalue weighted by molar-refractivity contribution is 0.0318. The molecule has 28 heavy (non-hydrogen) atoms. The number of carbonyl (C=O) groups is 2. The van der Waals surface area contributed by atoms with Gasteiger partial charge < -0.3 is 4.74 Å². The average Bonchev–Trinajstić information content (AvgIpc) is 3.15. The molecule has 1 aliphatic carbocycles. The minimum absolute atomic E-state index is 0.00967. The van der Waals surface area contributed by atoms with Gasteiger partial charge in [0.05, 0.1) is 10.5 Å². The first-order chi connectivity index (χ1) is 13.2. The van der Waals surface area contributed by atoms with Crippen molar-refractivity contribution in [3.63, 3.8) is 0 Å². The SMILES string of the molecule is C[C@H](OC(=O)c1cccc(S(=O)(=O)N(C)C)c1)C(=O)c1ccc2c(c1)CCC2. The molecule has 7 heteroatoms. The summed E-state index contributed by atoms with van der Waals surface area (Å²) in [6.45, 7) is 1.52. The van der Waals surface area contributed by atoms with Crippen LogP contribution in [0, 0.1) is 0 Å². The Kier molecular flexibility index (Phi) is 5.67. The van der Waals surface area contributed by atoms with Gasteiger partial charge in [-0.3, -0.25) is 4.79 Å². The van der Waals surface area contributed by atoms with Crippen molar-refractivity contribution in [1.82, 2.24) is 4.31 Å². The van der Waals surface area contributed by atoms with E-state index in [0.29, 0.717) is 5.56 Å². The van der Waals surface area contributed by atoms with Crippen molar-refractivity contribution >= 4 is 21.8 Å². The van der Waals surface area contributed by atoms with E-state index in [1.54, 1.807) is 6.07 Å². The fourth-order valence-electron chi connectivity index (χ4n) is 3.24. The highest BCUT2D eigenvalue weighted by Gasteiger charge is 2.24. The number of fused-ring (bicyclic) bond motifs is 1. The summed E-state index contributed by atoms with van der Waals surface area (Å²) in [7, 11) is -0.839. The Balaban J connectivity index is 1.75. The Morgan fingerprint density at radius 3 is 2.43 bits per heavy atom. The number of nitrogens with zero attached hydrogens (tertiary/aromatic N) is 1. The Morgan fingerprint density at radius 2 is 1.71 bits per heavy atom. The van der Waals surface area contributed by atoms with Gasteiger partial charge in [0.2, 0.25) is 15.8 Å². The zero-order valence-electron chi connectivity index (χ0n) is 16.1. The molecule has 148 valence electrons. The number of aryl methyl sites for hydroxylation is 2. The molecule has 0 radical (unpaired) electrons. The van der Waals surface area contributed by atoms with Crippen molar-refractivity contribution in [2.75, 3.05) is 14.1 Å². The molecule has 1 aliphatic rings. The normalized spacial score (nSPS) is 14.6. The predicted molar refractivity (Wildman–Crippen MR) is 105 cm³/mol. The Morgan fingerprint density at radius 1 is 1.00 bits per heavy atom. The van der Waals surface area contributed by atoms with Crippen molar-refractivity contribution in [3.05, 3.63) is 64.7 Å². The average molecular weight is 401 g/mol. The van der Waals surface area contributed by atoms with Crippen LogP contribution >= 0.6 is 0 Å². The van der Waals surface area contributed by atoms with E-state index in [4.69, 9.17) is 4.74 Å². The van der Waals surface area contributed by atoms with Crippen LogP contribution in [0.2, 0.25) is 0 Å². The van der Waals surface area contributed by atoms with Gasteiger partial charge in [0.25, 0.3) is 0 Å². The molecule has 0 N–H and O–H groups in total. The smallest absolute Gasteiger partial charge is 0.338 e. The van der Waals surface area contributed by atoms with Crippen LogP contribution in [0.1, 0.15) is 45.2 Å². The minimum atomic E-state index is -3.67. The molecule has 6 nitrogen and oxygen atoms in total. The van der Waals surface area contributed by atoms with E-state index in [1.165, 1.54) is 56.4 Å². The van der Waals surface area contributed by atoms with Gasteiger partial charge in [-0.2, -0.15) is 0 Å². The molecule has 0 spiro atoms. The summed E-state index contributed by atoms with van der Waals surface area (Å²) < 4.78 is 30.8. The molecule has 0 unspecified atom stereocenters. The first kappa shape index (κ1) is 20.2. The Labute approximate surface area is 165 Å². The molecule has 0 saturated heterocycles. The first-order valence-corrected chi connectivity index (χ1v) is 10.5. The number of esters is 1. The van der Waals surface area contributed by atoms with Gasteiger partial charge in [-0.1, -0.05) is 18.2 Å². The van der Waals surface area contributed by atoms with Crippen LogP contribution < -0.4 is 0 Å². The second-order valence-corrected chi connectivity index (χ2v) is 9.22. The number of benzene rings is 2. The summed E-state index contributed by atoms with van der Waals surface area (Å²) in [5, 5.41) is 0. The quantitative estimate of drug-likeness (QED) is 0.549. The molecule has 0 bridgehead atoms. The van der Waals surface area contributed by atoms with Gasteiger partial charge in [-0.15, -0.1) is 0 Å². The highest BCUT2D eigenvalue weighted by Crippen LogP contribution is 2.24. The lowest BCUT2D eigenvalue weighted by atomic mass is 10.0. The van der Waals surface area contributed by atoms with E-state index in [0.717, 1.165) is 23.6 Å². The number of rotatable bonds is 6. The third kappa shape index (κ3) is 4.00. The van der Waals surface area contributed by atoms with Crippen LogP contribution in [0.25, 0.3) is 0 Å². The molecule has 0 saturated carbocycles. The maximum Gasteiger partial charge on any atom is 0.338 e. The van der Waals surface area contributed by atoms with Gasteiger partial charge in [0.15, 0.2) is 6.10 Å². The largest absolute Gasteiger partial charge is 0.451 e. The first-order valence-electron chi connectivity index (χ1n) is 9.10. The summed E-state index contributed by atoms with van der Waals surface area (Å²) in [6.07, 6.45) is 2.10. The number of sulfonamides is 1. The highest BCUT2D eigenvalue weighted by molar-refractivity contribution is 7.89. The van der Waals surface area contributed by atoms with Crippen molar-refractivity contribution in [2.24, 2.45) is 0 Å². The second kappa shape index (κ2) is 7.85. The number of ether oxygens (including phenoxy) is 1.